The topological polar surface area (TPSA) is 172 Å². The normalized spacial score (nSPS) is 14.0. The number of ether oxygens (including phenoxy) is 2. The van der Waals surface area contributed by atoms with Crippen molar-refractivity contribution in [3.05, 3.63) is 24.3 Å². The van der Waals surface area contributed by atoms with Crippen LogP contribution in [0.5, 0.6) is 0 Å². The second-order valence-corrected chi connectivity index (χ2v) is 15.9. The second-order valence-electron chi connectivity index (χ2n) is 14.5. The van der Waals surface area contributed by atoms with Crippen LogP contribution in [0, 0.1) is 0 Å². The third-order valence-electron chi connectivity index (χ3n) is 9.17. The number of nitrogens with two attached hydrogens (primary N) is 1. The highest BCUT2D eigenvalue weighted by molar-refractivity contribution is 7.47. The summed E-state index contributed by atoms with van der Waals surface area (Å²) in [5.41, 5.74) is 5.33. The first-order valence-corrected chi connectivity index (χ1v) is 22.9. The number of unbranched alkanes of at least 4 members (excludes halogenated alkanes) is 22. The minimum atomic E-state index is -4.71. The molecule has 12 heteroatoms. The number of esters is 2. The van der Waals surface area contributed by atoms with Crippen molar-refractivity contribution in [2.75, 3.05) is 19.8 Å². The fourth-order valence-electron chi connectivity index (χ4n) is 5.75. The molecule has 0 saturated heterocycles. The monoisotopic (exact) mass is 788 g/mol. The molecule has 0 aliphatic carbocycles. The van der Waals surface area contributed by atoms with E-state index in [-0.39, 0.29) is 19.4 Å². The van der Waals surface area contributed by atoms with Gasteiger partial charge in [0.1, 0.15) is 12.6 Å². The summed E-state index contributed by atoms with van der Waals surface area (Å²) in [6.45, 7) is 2.76. The molecular weight excluding hydrogens is 709 g/mol. The van der Waals surface area contributed by atoms with Crippen molar-refractivity contribution < 1.29 is 47.5 Å². The van der Waals surface area contributed by atoms with Crippen molar-refractivity contribution in [3.63, 3.8) is 0 Å². The highest BCUT2D eigenvalue weighted by Gasteiger charge is 2.28. The van der Waals surface area contributed by atoms with Crippen molar-refractivity contribution in [1.29, 1.82) is 0 Å². The number of hydrogen-bond acceptors (Lipinski definition) is 9. The van der Waals surface area contributed by atoms with E-state index in [0.29, 0.717) is 12.8 Å². The van der Waals surface area contributed by atoms with Crippen LogP contribution in [0.4, 0.5) is 0 Å². The van der Waals surface area contributed by atoms with E-state index in [0.717, 1.165) is 57.8 Å². The molecule has 316 valence electrons. The number of hydrogen-bond donors (Lipinski definition) is 3. The molecular formula is C42H78NO10P. The number of aliphatic carboxylic acids is 1. The van der Waals surface area contributed by atoms with Crippen LogP contribution in [0.1, 0.15) is 194 Å². The van der Waals surface area contributed by atoms with E-state index in [1.165, 1.54) is 96.3 Å². The van der Waals surface area contributed by atoms with E-state index in [9.17, 15) is 23.8 Å². The maximum absolute atomic E-state index is 12.6. The molecule has 0 amide bonds. The smallest absolute Gasteiger partial charge is 0.472 e. The van der Waals surface area contributed by atoms with Gasteiger partial charge in [0.05, 0.1) is 13.2 Å². The Bertz CT molecular complexity index is 1020. The first-order chi connectivity index (χ1) is 26.1. The van der Waals surface area contributed by atoms with Gasteiger partial charge in [-0.05, 0) is 57.8 Å². The second kappa shape index (κ2) is 37.9. The van der Waals surface area contributed by atoms with Gasteiger partial charge >= 0.3 is 25.7 Å². The molecule has 54 heavy (non-hydrogen) atoms. The largest absolute Gasteiger partial charge is 0.480 e. The van der Waals surface area contributed by atoms with Crippen LogP contribution in [0.15, 0.2) is 24.3 Å². The maximum Gasteiger partial charge on any atom is 0.472 e. The molecule has 0 aromatic carbocycles. The Morgan fingerprint density at radius 1 is 0.556 bits per heavy atom. The van der Waals surface area contributed by atoms with Crippen LogP contribution >= 0.6 is 7.82 Å². The summed E-state index contributed by atoms with van der Waals surface area (Å²) < 4.78 is 32.7. The zero-order valence-corrected chi connectivity index (χ0v) is 35.0. The Morgan fingerprint density at radius 3 is 1.41 bits per heavy atom. The zero-order valence-electron chi connectivity index (χ0n) is 34.1. The molecule has 1 unspecified atom stereocenters. The van der Waals surface area contributed by atoms with E-state index in [1.807, 2.05) is 0 Å². The van der Waals surface area contributed by atoms with Gasteiger partial charge in [-0.1, -0.05) is 147 Å². The summed E-state index contributed by atoms with van der Waals surface area (Å²) in [4.78, 5) is 45.9. The molecule has 0 rings (SSSR count). The van der Waals surface area contributed by atoms with Crippen LogP contribution in [0.25, 0.3) is 0 Å². The average Bonchev–Trinajstić information content (AvgIpc) is 3.14. The number of allylic oxidation sites excluding steroid dienone is 4. The number of phosphoric acid groups is 1. The molecule has 0 aromatic heterocycles. The number of carbonyl (C=O) groups is 3. The molecule has 0 heterocycles. The van der Waals surface area contributed by atoms with Crippen molar-refractivity contribution in [2.45, 2.75) is 206 Å². The maximum atomic E-state index is 12.6. The molecule has 0 aliphatic rings. The van der Waals surface area contributed by atoms with E-state index in [2.05, 4.69) is 42.7 Å². The summed E-state index contributed by atoms with van der Waals surface area (Å²) in [7, 11) is -4.71. The molecule has 0 aliphatic heterocycles. The van der Waals surface area contributed by atoms with Gasteiger partial charge in [0, 0.05) is 12.8 Å². The Balaban J connectivity index is 4.38. The lowest BCUT2D eigenvalue weighted by atomic mass is 10.1. The van der Waals surface area contributed by atoms with Crippen LogP contribution in [-0.4, -0.2) is 59.9 Å². The highest BCUT2D eigenvalue weighted by atomic mass is 31.2. The van der Waals surface area contributed by atoms with E-state index in [4.69, 9.17) is 24.8 Å². The van der Waals surface area contributed by atoms with Crippen molar-refractivity contribution in [3.8, 4) is 0 Å². The number of carboxylic acids is 1. The Morgan fingerprint density at radius 2 is 0.944 bits per heavy atom. The standard InChI is InChI=1S/C42H78NO10P/c1-3-5-7-9-11-13-15-17-19-21-23-25-27-29-31-33-40(44)50-35-38(36-51-54(48,49)52-37-39(43)42(46)47)53-41(45)34-32-30-28-26-24-22-20-18-16-14-12-10-8-6-4-2/h10,12,17,19,38-39H,3-9,11,13-16,18,20-37,43H2,1-2H3,(H,46,47)(H,48,49)/b12-10+,19-17+/t38-,39+/m1/s1. The highest BCUT2D eigenvalue weighted by Crippen LogP contribution is 2.43. The van der Waals surface area contributed by atoms with Crippen LogP contribution in [0.2, 0.25) is 0 Å². The molecule has 0 saturated carbocycles. The molecule has 11 nitrogen and oxygen atoms in total. The van der Waals surface area contributed by atoms with Crippen molar-refractivity contribution >= 4 is 25.7 Å². The molecule has 0 spiro atoms. The fourth-order valence-corrected chi connectivity index (χ4v) is 6.52. The molecule has 0 bridgehead atoms. The van der Waals surface area contributed by atoms with Gasteiger partial charge in [-0.3, -0.25) is 23.4 Å². The number of carbonyl (C=O) groups excluding carboxylic acids is 2. The molecule has 3 atom stereocenters. The van der Waals surface area contributed by atoms with E-state index in [1.54, 1.807) is 0 Å². The minimum Gasteiger partial charge on any atom is -0.480 e. The van der Waals surface area contributed by atoms with E-state index >= 15 is 0 Å². The summed E-state index contributed by atoms with van der Waals surface area (Å²) in [6.07, 6.45) is 38.1. The Kier molecular flexibility index (Phi) is 36.4. The van der Waals surface area contributed by atoms with Gasteiger partial charge in [-0.2, -0.15) is 0 Å². The van der Waals surface area contributed by atoms with Gasteiger partial charge in [0.15, 0.2) is 6.10 Å². The fraction of sp³-hybridized carbons (Fsp3) is 0.833. The van der Waals surface area contributed by atoms with Gasteiger partial charge < -0.3 is 25.2 Å². The average molecular weight is 788 g/mol. The van der Waals surface area contributed by atoms with Crippen LogP contribution in [-0.2, 0) is 37.5 Å². The van der Waals surface area contributed by atoms with Gasteiger partial charge in [-0.25, -0.2) is 4.57 Å². The van der Waals surface area contributed by atoms with Crippen LogP contribution in [0.3, 0.4) is 0 Å². The number of phosphoric ester groups is 1. The minimum absolute atomic E-state index is 0.159. The molecule has 0 aromatic rings. The first kappa shape index (κ1) is 52.0. The summed E-state index contributed by atoms with van der Waals surface area (Å²) >= 11 is 0. The number of carboxylic acid groups (broad SMARTS) is 1. The Labute approximate surface area is 328 Å². The predicted octanol–water partition coefficient (Wildman–Crippen LogP) is 11.1. The van der Waals surface area contributed by atoms with Crippen molar-refractivity contribution in [1.82, 2.24) is 0 Å². The Hall–Kier alpha value is -2.04. The SMILES string of the molecule is CCCC/C=C/CCCCCCCCCCCC(=O)O[C@H](COC(=O)CCCCCCC/C=C/CCCCCCCC)COP(=O)(O)OC[C@H](N)C(=O)O. The summed E-state index contributed by atoms with van der Waals surface area (Å²) in [5, 5.41) is 8.88. The lowest BCUT2D eigenvalue weighted by molar-refractivity contribution is -0.161. The van der Waals surface area contributed by atoms with Crippen molar-refractivity contribution in [2.24, 2.45) is 5.73 Å². The van der Waals surface area contributed by atoms with Gasteiger partial charge in [-0.15, -0.1) is 0 Å². The lowest BCUT2D eigenvalue weighted by Crippen LogP contribution is -2.34. The van der Waals surface area contributed by atoms with Gasteiger partial charge in [0.2, 0.25) is 0 Å². The molecule has 0 radical (unpaired) electrons. The zero-order chi connectivity index (χ0) is 40.0. The quantitative estimate of drug-likeness (QED) is 0.0233. The van der Waals surface area contributed by atoms with E-state index < -0.39 is 51.1 Å². The third-order valence-corrected chi connectivity index (χ3v) is 10.1. The first-order valence-electron chi connectivity index (χ1n) is 21.4. The molecule has 0 fully saturated rings. The summed E-state index contributed by atoms with van der Waals surface area (Å²) in [5.74, 6) is -2.39. The third kappa shape index (κ3) is 36.9. The van der Waals surface area contributed by atoms with Crippen LogP contribution < -0.4 is 5.73 Å². The predicted molar refractivity (Wildman–Crippen MR) is 217 cm³/mol. The van der Waals surface area contributed by atoms with Gasteiger partial charge in [0.25, 0.3) is 0 Å². The summed E-state index contributed by atoms with van der Waals surface area (Å²) in [6, 6.07) is -1.52. The number of rotatable bonds is 40. The molecule has 4 N–H and O–H groups in total. The lowest BCUT2D eigenvalue weighted by Gasteiger charge is -2.20.